The summed E-state index contributed by atoms with van der Waals surface area (Å²) < 4.78 is 11.7. The minimum Gasteiger partial charge on any atom is -0.459 e. The van der Waals surface area contributed by atoms with Crippen LogP contribution in [0.5, 0.6) is 0 Å². The molecule has 1 aromatic heterocycles. The second kappa shape index (κ2) is 9.22. The van der Waals surface area contributed by atoms with Crippen molar-refractivity contribution in [2.75, 3.05) is 13.7 Å². The molecule has 1 amide bonds. The van der Waals surface area contributed by atoms with Crippen LogP contribution in [0.4, 0.5) is 0 Å². The summed E-state index contributed by atoms with van der Waals surface area (Å²) in [6.07, 6.45) is 3.75. The molecule has 0 radical (unpaired) electrons. The number of likely N-dealkylation sites (N-methyl/N-ethyl adjacent to an activating group) is 1. The highest BCUT2D eigenvalue weighted by atomic mass is 79.9. The number of furan rings is 1. The predicted octanol–water partition coefficient (Wildman–Crippen LogP) is 4.18. The molecule has 5 nitrogen and oxygen atoms in total. The summed E-state index contributed by atoms with van der Waals surface area (Å²) in [5.41, 5.74) is 0.958. The van der Waals surface area contributed by atoms with Crippen LogP contribution in [0.2, 0.25) is 0 Å². The summed E-state index contributed by atoms with van der Waals surface area (Å²) in [4.78, 5) is 24.8. The van der Waals surface area contributed by atoms with Crippen LogP contribution in [0, 0.1) is 0 Å². The van der Waals surface area contributed by atoms with Gasteiger partial charge in [0.2, 0.25) is 0 Å². The maximum atomic E-state index is 12.0. The normalized spacial score (nSPS) is 10.8. The molecule has 0 atom stereocenters. The summed E-state index contributed by atoms with van der Waals surface area (Å²) >= 11 is 3.40. The molecular formula is C19H20BrNO4. The van der Waals surface area contributed by atoms with Crippen molar-refractivity contribution in [3.8, 4) is 11.3 Å². The molecule has 2 aromatic rings. The number of allylic oxidation sites excluding steroid dienone is 1. The molecule has 1 aromatic carbocycles. The first-order valence-electron chi connectivity index (χ1n) is 7.91. The second-order valence-electron chi connectivity index (χ2n) is 5.44. The maximum Gasteiger partial charge on any atom is 0.330 e. The highest BCUT2D eigenvalue weighted by molar-refractivity contribution is 9.10. The van der Waals surface area contributed by atoms with Crippen LogP contribution >= 0.6 is 15.9 Å². The van der Waals surface area contributed by atoms with Gasteiger partial charge in [0.15, 0.2) is 6.61 Å². The molecular weight excluding hydrogens is 386 g/mol. The molecule has 0 aliphatic carbocycles. The molecule has 2 rings (SSSR count). The summed E-state index contributed by atoms with van der Waals surface area (Å²) in [5, 5.41) is 0. The number of carbonyl (C=O) groups is 2. The lowest BCUT2D eigenvalue weighted by Crippen LogP contribution is -2.30. The number of ether oxygens (including phenoxy) is 1. The zero-order valence-corrected chi connectivity index (χ0v) is 15.8. The molecule has 0 saturated carbocycles. The van der Waals surface area contributed by atoms with Gasteiger partial charge in [0.05, 0.1) is 6.54 Å². The number of amides is 1. The molecule has 0 N–H and O–H groups in total. The Morgan fingerprint density at radius 3 is 2.60 bits per heavy atom. The number of halogens is 1. The SMILES string of the molecule is CC/C=C/C(=O)OCC(=O)N(C)Cc1ccc(-c2ccc(Br)cc2)o1. The van der Waals surface area contributed by atoms with Crippen LogP contribution < -0.4 is 0 Å². The minimum atomic E-state index is -0.515. The van der Waals surface area contributed by atoms with Crippen LogP contribution in [-0.4, -0.2) is 30.4 Å². The van der Waals surface area contributed by atoms with Crippen LogP contribution in [0.15, 0.2) is 57.4 Å². The van der Waals surface area contributed by atoms with Crippen molar-refractivity contribution in [3.05, 3.63) is 58.8 Å². The van der Waals surface area contributed by atoms with E-state index in [1.807, 2.05) is 43.3 Å². The van der Waals surface area contributed by atoms with Crippen LogP contribution in [0.25, 0.3) is 11.3 Å². The van der Waals surface area contributed by atoms with Gasteiger partial charge in [0.1, 0.15) is 11.5 Å². The van der Waals surface area contributed by atoms with E-state index in [9.17, 15) is 9.59 Å². The fourth-order valence-corrected chi connectivity index (χ4v) is 2.32. The van der Waals surface area contributed by atoms with Gasteiger partial charge in [-0.25, -0.2) is 4.79 Å². The van der Waals surface area contributed by atoms with E-state index in [0.717, 1.165) is 22.2 Å². The van der Waals surface area contributed by atoms with Crippen LogP contribution in [0.3, 0.4) is 0 Å². The summed E-state index contributed by atoms with van der Waals surface area (Å²) in [6, 6.07) is 11.5. The zero-order valence-electron chi connectivity index (χ0n) is 14.2. The number of benzene rings is 1. The Morgan fingerprint density at radius 1 is 1.20 bits per heavy atom. The number of carbonyl (C=O) groups excluding carboxylic acids is 2. The van der Waals surface area contributed by atoms with E-state index in [4.69, 9.17) is 9.15 Å². The molecule has 0 aliphatic rings. The van der Waals surface area contributed by atoms with E-state index >= 15 is 0 Å². The van der Waals surface area contributed by atoms with E-state index in [1.54, 1.807) is 13.1 Å². The topological polar surface area (TPSA) is 59.8 Å². The molecule has 0 saturated heterocycles. The quantitative estimate of drug-likeness (QED) is 0.512. The second-order valence-corrected chi connectivity index (χ2v) is 6.36. The number of esters is 1. The average Bonchev–Trinajstić information content (AvgIpc) is 3.06. The van der Waals surface area contributed by atoms with Gasteiger partial charge in [-0.2, -0.15) is 0 Å². The van der Waals surface area contributed by atoms with Crippen molar-refractivity contribution < 1.29 is 18.7 Å². The minimum absolute atomic E-state index is 0.288. The third-order valence-corrected chi connectivity index (χ3v) is 3.97. The van der Waals surface area contributed by atoms with Crippen molar-refractivity contribution in [3.63, 3.8) is 0 Å². The number of nitrogens with zero attached hydrogens (tertiary/aromatic N) is 1. The third-order valence-electron chi connectivity index (χ3n) is 3.44. The molecule has 1 heterocycles. The molecule has 0 spiro atoms. The van der Waals surface area contributed by atoms with Gasteiger partial charge in [-0.3, -0.25) is 4.79 Å². The first-order chi connectivity index (χ1) is 12.0. The lowest BCUT2D eigenvalue weighted by molar-refractivity contribution is -0.147. The predicted molar refractivity (Wildman–Crippen MR) is 98.7 cm³/mol. The van der Waals surface area contributed by atoms with Gasteiger partial charge < -0.3 is 14.1 Å². The Hall–Kier alpha value is -2.34. The largest absolute Gasteiger partial charge is 0.459 e. The number of hydrogen-bond acceptors (Lipinski definition) is 4. The van der Waals surface area contributed by atoms with Crippen molar-refractivity contribution in [1.29, 1.82) is 0 Å². The first-order valence-corrected chi connectivity index (χ1v) is 8.70. The lowest BCUT2D eigenvalue weighted by atomic mass is 10.2. The van der Waals surface area contributed by atoms with Crippen molar-refractivity contribution in [2.24, 2.45) is 0 Å². The molecule has 0 unspecified atom stereocenters. The van der Waals surface area contributed by atoms with Crippen molar-refractivity contribution >= 4 is 27.8 Å². The highest BCUT2D eigenvalue weighted by Gasteiger charge is 2.14. The van der Waals surface area contributed by atoms with Crippen LogP contribution in [0.1, 0.15) is 19.1 Å². The summed E-state index contributed by atoms with van der Waals surface area (Å²) in [6.45, 7) is 1.93. The smallest absolute Gasteiger partial charge is 0.330 e. The van der Waals surface area contributed by atoms with Gasteiger partial charge >= 0.3 is 5.97 Å². The Balaban J connectivity index is 1.89. The van der Waals surface area contributed by atoms with Gasteiger partial charge in [0.25, 0.3) is 5.91 Å². The molecule has 6 heteroatoms. The molecule has 25 heavy (non-hydrogen) atoms. The van der Waals surface area contributed by atoms with E-state index in [2.05, 4.69) is 15.9 Å². The molecule has 0 fully saturated rings. The Labute approximate surface area is 155 Å². The number of hydrogen-bond donors (Lipinski definition) is 0. The Bertz CT molecular complexity index is 749. The lowest BCUT2D eigenvalue weighted by Gasteiger charge is -2.15. The highest BCUT2D eigenvalue weighted by Crippen LogP contribution is 2.24. The number of rotatable bonds is 7. The van der Waals surface area contributed by atoms with Crippen molar-refractivity contribution in [2.45, 2.75) is 19.9 Å². The van der Waals surface area contributed by atoms with Gasteiger partial charge in [-0.15, -0.1) is 0 Å². The third kappa shape index (κ3) is 5.90. The van der Waals surface area contributed by atoms with Crippen LogP contribution in [-0.2, 0) is 20.9 Å². The zero-order chi connectivity index (χ0) is 18.2. The first kappa shape index (κ1) is 19.0. The molecule has 0 aliphatic heterocycles. The monoisotopic (exact) mass is 405 g/mol. The molecule has 132 valence electrons. The maximum absolute atomic E-state index is 12.0. The Kier molecular flexibility index (Phi) is 7.01. The van der Waals surface area contributed by atoms with E-state index in [0.29, 0.717) is 12.3 Å². The van der Waals surface area contributed by atoms with Gasteiger partial charge in [-0.05, 0) is 30.7 Å². The standard InChI is InChI=1S/C19H20BrNO4/c1-3-4-5-19(23)24-13-18(22)21(2)12-16-10-11-17(25-16)14-6-8-15(20)9-7-14/h4-11H,3,12-13H2,1-2H3/b5-4+. The van der Waals surface area contributed by atoms with Gasteiger partial charge in [0, 0.05) is 23.2 Å². The van der Waals surface area contributed by atoms with Crippen molar-refractivity contribution in [1.82, 2.24) is 4.90 Å². The van der Waals surface area contributed by atoms with E-state index in [1.165, 1.54) is 11.0 Å². The van der Waals surface area contributed by atoms with E-state index in [-0.39, 0.29) is 12.5 Å². The summed E-state index contributed by atoms with van der Waals surface area (Å²) in [7, 11) is 1.64. The van der Waals surface area contributed by atoms with Gasteiger partial charge in [-0.1, -0.05) is 41.1 Å². The summed E-state index contributed by atoms with van der Waals surface area (Å²) in [5.74, 6) is 0.587. The molecule has 0 bridgehead atoms. The average molecular weight is 406 g/mol. The Morgan fingerprint density at radius 2 is 1.92 bits per heavy atom. The fourth-order valence-electron chi connectivity index (χ4n) is 2.06. The fraction of sp³-hybridized carbons (Fsp3) is 0.263. The van der Waals surface area contributed by atoms with E-state index < -0.39 is 5.97 Å².